The second-order valence-electron chi connectivity index (χ2n) is 5.91. The molecule has 1 amide bonds. The molecule has 5 nitrogen and oxygen atoms in total. The van der Waals surface area contributed by atoms with Crippen LogP contribution < -0.4 is 14.8 Å². The van der Waals surface area contributed by atoms with Crippen LogP contribution in [-0.2, 0) is 0 Å². The number of nitrogens with zero attached hydrogens (tertiary/aromatic N) is 1. The summed E-state index contributed by atoms with van der Waals surface area (Å²) in [6.45, 7) is 9.86. The molecule has 1 aliphatic heterocycles. The van der Waals surface area contributed by atoms with E-state index >= 15 is 0 Å². The summed E-state index contributed by atoms with van der Waals surface area (Å²) < 4.78 is 11.5. The molecule has 0 spiro atoms. The van der Waals surface area contributed by atoms with Crippen molar-refractivity contribution in [3.05, 3.63) is 23.8 Å². The second kappa shape index (κ2) is 10.4. The van der Waals surface area contributed by atoms with Crippen molar-refractivity contribution in [1.82, 2.24) is 10.2 Å². The maximum atomic E-state index is 12.8. The van der Waals surface area contributed by atoms with E-state index in [1.54, 1.807) is 0 Å². The molecule has 1 fully saturated rings. The lowest BCUT2D eigenvalue weighted by Gasteiger charge is -2.34. The Morgan fingerprint density at radius 2 is 1.88 bits per heavy atom. The number of halogens is 1. The molecule has 0 aliphatic carbocycles. The third-order valence-corrected chi connectivity index (χ3v) is 3.88. The van der Waals surface area contributed by atoms with Gasteiger partial charge in [-0.05, 0) is 38.0 Å². The van der Waals surface area contributed by atoms with Crippen LogP contribution in [0.4, 0.5) is 0 Å². The van der Waals surface area contributed by atoms with Crippen LogP contribution in [0.15, 0.2) is 18.2 Å². The standard InChI is InChI=1S/C18H28N2O3.ClH/c1-4-10-22-16-7-6-15(12-17(16)23-11-5-2)18(21)20-9-8-19-13-14(20)3;/h6-7,12,14,19H,4-5,8-11,13H2,1-3H3;1H/t14-;/m1./s1. The first kappa shape index (κ1) is 20.6. The van der Waals surface area contributed by atoms with Crippen LogP contribution in [-0.4, -0.2) is 49.7 Å². The average molecular weight is 357 g/mol. The lowest BCUT2D eigenvalue weighted by atomic mass is 10.1. The van der Waals surface area contributed by atoms with E-state index < -0.39 is 0 Å². The number of carbonyl (C=O) groups excluding carboxylic acids is 1. The Morgan fingerprint density at radius 3 is 2.50 bits per heavy atom. The smallest absolute Gasteiger partial charge is 0.254 e. The summed E-state index contributed by atoms with van der Waals surface area (Å²) in [7, 11) is 0. The lowest BCUT2D eigenvalue weighted by molar-refractivity contribution is 0.0655. The van der Waals surface area contributed by atoms with Gasteiger partial charge in [-0.3, -0.25) is 4.79 Å². The Morgan fingerprint density at radius 1 is 1.21 bits per heavy atom. The number of hydrogen-bond acceptors (Lipinski definition) is 4. The van der Waals surface area contributed by atoms with Crippen molar-refractivity contribution in [3.63, 3.8) is 0 Å². The van der Waals surface area contributed by atoms with Crippen molar-refractivity contribution in [1.29, 1.82) is 0 Å². The molecule has 0 unspecified atom stereocenters. The maximum absolute atomic E-state index is 12.8. The fraction of sp³-hybridized carbons (Fsp3) is 0.611. The van der Waals surface area contributed by atoms with Gasteiger partial charge < -0.3 is 19.7 Å². The van der Waals surface area contributed by atoms with Gasteiger partial charge in [0.2, 0.25) is 0 Å². The van der Waals surface area contributed by atoms with E-state index in [0.717, 1.165) is 32.5 Å². The highest BCUT2D eigenvalue weighted by Crippen LogP contribution is 2.29. The Balaban J connectivity index is 0.00000288. The molecule has 0 bridgehead atoms. The molecular formula is C18H29ClN2O3. The first-order valence-electron chi connectivity index (χ1n) is 8.58. The molecule has 1 aromatic rings. The molecule has 1 N–H and O–H groups in total. The zero-order valence-electron chi connectivity index (χ0n) is 14.8. The quantitative estimate of drug-likeness (QED) is 0.815. The molecule has 0 aromatic heterocycles. The van der Waals surface area contributed by atoms with Gasteiger partial charge in [0.15, 0.2) is 11.5 Å². The maximum Gasteiger partial charge on any atom is 0.254 e. The van der Waals surface area contributed by atoms with Crippen LogP contribution in [0.25, 0.3) is 0 Å². The molecule has 1 heterocycles. The van der Waals surface area contributed by atoms with Crippen LogP contribution in [0.1, 0.15) is 44.0 Å². The molecule has 136 valence electrons. The number of carbonyl (C=O) groups is 1. The van der Waals surface area contributed by atoms with E-state index in [1.165, 1.54) is 0 Å². The lowest BCUT2D eigenvalue weighted by Crippen LogP contribution is -2.52. The molecule has 1 atom stereocenters. The summed E-state index contributed by atoms with van der Waals surface area (Å²) in [6, 6.07) is 5.70. The third kappa shape index (κ3) is 5.28. The van der Waals surface area contributed by atoms with Crippen molar-refractivity contribution >= 4 is 18.3 Å². The molecule has 1 aliphatic rings. The molecule has 1 saturated heterocycles. The van der Waals surface area contributed by atoms with Gasteiger partial charge in [0, 0.05) is 31.2 Å². The summed E-state index contributed by atoms with van der Waals surface area (Å²) in [5, 5.41) is 3.30. The summed E-state index contributed by atoms with van der Waals surface area (Å²) in [5.41, 5.74) is 0.661. The van der Waals surface area contributed by atoms with Gasteiger partial charge >= 0.3 is 0 Å². The van der Waals surface area contributed by atoms with E-state index in [0.29, 0.717) is 30.3 Å². The highest BCUT2D eigenvalue weighted by atomic mass is 35.5. The van der Waals surface area contributed by atoms with Gasteiger partial charge in [-0.25, -0.2) is 0 Å². The zero-order chi connectivity index (χ0) is 16.7. The van der Waals surface area contributed by atoms with Crippen molar-refractivity contribution in [2.45, 2.75) is 39.7 Å². The van der Waals surface area contributed by atoms with Crippen molar-refractivity contribution in [3.8, 4) is 11.5 Å². The minimum Gasteiger partial charge on any atom is -0.490 e. The zero-order valence-corrected chi connectivity index (χ0v) is 15.7. The Kier molecular flexibility index (Phi) is 8.93. The van der Waals surface area contributed by atoms with E-state index in [4.69, 9.17) is 9.47 Å². The van der Waals surface area contributed by atoms with E-state index in [9.17, 15) is 4.79 Å². The van der Waals surface area contributed by atoms with Crippen LogP contribution in [0.2, 0.25) is 0 Å². The fourth-order valence-electron chi connectivity index (χ4n) is 2.61. The summed E-state index contributed by atoms with van der Waals surface area (Å²) in [6.07, 6.45) is 1.85. The van der Waals surface area contributed by atoms with E-state index in [1.807, 2.05) is 23.1 Å². The average Bonchev–Trinajstić information content (AvgIpc) is 2.58. The molecule has 2 rings (SSSR count). The van der Waals surface area contributed by atoms with Gasteiger partial charge in [-0.2, -0.15) is 0 Å². The molecule has 6 heteroatoms. The van der Waals surface area contributed by atoms with Gasteiger partial charge in [-0.15, -0.1) is 12.4 Å². The molecule has 1 aromatic carbocycles. The van der Waals surface area contributed by atoms with Crippen LogP contribution in [0.3, 0.4) is 0 Å². The Labute approximate surface area is 151 Å². The summed E-state index contributed by atoms with van der Waals surface area (Å²) >= 11 is 0. The normalized spacial score (nSPS) is 17.1. The van der Waals surface area contributed by atoms with Gasteiger partial charge in [0.05, 0.1) is 13.2 Å². The summed E-state index contributed by atoms with van der Waals surface area (Å²) in [4.78, 5) is 14.7. The van der Waals surface area contributed by atoms with Crippen molar-refractivity contribution < 1.29 is 14.3 Å². The largest absolute Gasteiger partial charge is 0.490 e. The fourth-order valence-corrected chi connectivity index (χ4v) is 2.61. The number of benzene rings is 1. The van der Waals surface area contributed by atoms with Gasteiger partial charge in [-0.1, -0.05) is 13.8 Å². The number of rotatable bonds is 7. The highest BCUT2D eigenvalue weighted by Gasteiger charge is 2.24. The van der Waals surface area contributed by atoms with E-state index in [-0.39, 0.29) is 24.4 Å². The topological polar surface area (TPSA) is 50.8 Å². The predicted octanol–water partition coefficient (Wildman–Crippen LogP) is 3.12. The molecule has 0 radical (unpaired) electrons. The number of ether oxygens (including phenoxy) is 2. The minimum absolute atomic E-state index is 0. The number of piperazine rings is 1. The minimum atomic E-state index is 0. The first-order chi connectivity index (χ1) is 11.2. The number of amides is 1. The van der Waals surface area contributed by atoms with Gasteiger partial charge in [0.1, 0.15) is 0 Å². The SMILES string of the molecule is CCCOc1ccc(C(=O)N2CCNC[C@H]2C)cc1OCCC.Cl. The van der Waals surface area contributed by atoms with Crippen LogP contribution in [0.5, 0.6) is 11.5 Å². The van der Waals surface area contributed by atoms with Crippen LogP contribution >= 0.6 is 12.4 Å². The van der Waals surface area contributed by atoms with E-state index in [2.05, 4.69) is 26.1 Å². The Bertz CT molecular complexity index is 525. The molecule has 0 saturated carbocycles. The highest BCUT2D eigenvalue weighted by molar-refractivity contribution is 5.95. The van der Waals surface area contributed by atoms with Crippen molar-refractivity contribution in [2.75, 3.05) is 32.8 Å². The first-order valence-corrected chi connectivity index (χ1v) is 8.58. The second-order valence-corrected chi connectivity index (χ2v) is 5.91. The van der Waals surface area contributed by atoms with Crippen LogP contribution in [0, 0.1) is 0 Å². The molecule has 24 heavy (non-hydrogen) atoms. The predicted molar refractivity (Wildman–Crippen MR) is 98.6 cm³/mol. The van der Waals surface area contributed by atoms with Crippen molar-refractivity contribution in [2.24, 2.45) is 0 Å². The Hall–Kier alpha value is -1.46. The third-order valence-electron chi connectivity index (χ3n) is 3.88. The monoisotopic (exact) mass is 356 g/mol. The summed E-state index contributed by atoms with van der Waals surface area (Å²) in [5.74, 6) is 1.43. The number of hydrogen-bond donors (Lipinski definition) is 1. The molecular weight excluding hydrogens is 328 g/mol. The van der Waals surface area contributed by atoms with Gasteiger partial charge in [0.25, 0.3) is 5.91 Å². The number of nitrogens with one attached hydrogen (secondary N) is 1.